The molecule has 0 aliphatic rings. The molecule has 0 aliphatic heterocycles. The second kappa shape index (κ2) is 7.09. The standard InChI is InChI=1S/C13H15N3O4/c1-9(13(17)18)4-3-7-15-11-6-2-5-10(8-14)12(11)16(19)20/h2,5-6,9,15H,3-4,7H2,1H3,(H,17,18). The molecule has 0 amide bonds. The minimum absolute atomic E-state index is 0.00101. The Bertz CT molecular complexity index is 551. The highest BCUT2D eigenvalue weighted by molar-refractivity contribution is 5.69. The first-order valence-corrected chi connectivity index (χ1v) is 6.11. The fraction of sp³-hybridized carbons (Fsp3) is 0.385. The molecule has 106 valence electrons. The summed E-state index contributed by atoms with van der Waals surface area (Å²) in [5.74, 6) is -1.31. The van der Waals surface area contributed by atoms with Crippen LogP contribution in [-0.2, 0) is 4.79 Å². The smallest absolute Gasteiger partial charge is 0.309 e. The number of aliphatic carboxylic acids is 1. The van der Waals surface area contributed by atoms with Gasteiger partial charge in [0.15, 0.2) is 0 Å². The molecule has 1 aromatic carbocycles. The number of nitrogens with one attached hydrogen (secondary N) is 1. The van der Waals surface area contributed by atoms with Gasteiger partial charge in [-0.15, -0.1) is 0 Å². The van der Waals surface area contributed by atoms with E-state index < -0.39 is 16.8 Å². The summed E-state index contributed by atoms with van der Waals surface area (Å²) >= 11 is 0. The third-order valence-electron chi connectivity index (χ3n) is 2.89. The third kappa shape index (κ3) is 3.95. The number of nitriles is 1. The van der Waals surface area contributed by atoms with Gasteiger partial charge in [0.1, 0.15) is 17.3 Å². The highest BCUT2D eigenvalue weighted by Gasteiger charge is 2.19. The van der Waals surface area contributed by atoms with Crippen LogP contribution in [0.1, 0.15) is 25.3 Å². The van der Waals surface area contributed by atoms with Crippen molar-refractivity contribution in [2.45, 2.75) is 19.8 Å². The molecule has 0 spiro atoms. The molecule has 0 aliphatic carbocycles. The topological polar surface area (TPSA) is 116 Å². The predicted molar refractivity (Wildman–Crippen MR) is 72.3 cm³/mol. The monoisotopic (exact) mass is 277 g/mol. The van der Waals surface area contributed by atoms with Crippen LogP contribution >= 0.6 is 0 Å². The van der Waals surface area contributed by atoms with E-state index in [0.29, 0.717) is 19.4 Å². The summed E-state index contributed by atoms with van der Waals surface area (Å²) in [6.45, 7) is 2.02. The molecule has 7 heteroatoms. The van der Waals surface area contributed by atoms with Crippen LogP contribution in [0.25, 0.3) is 0 Å². The number of carboxylic acids is 1. The zero-order valence-electron chi connectivity index (χ0n) is 11.0. The molecule has 1 atom stereocenters. The van der Waals surface area contributed by atoms with Crippen LogP contribution in [0.15, 0.2) is 18.2 Å². The normalized spacial score (nSPS) is 11.4. The summed E-state index contributed by atoms with van der Waals surface area (Å²) in [5.41, 5.74) is 0.0252. The molecule has 1 aromatic rings. The number of carbonyl (C=O) groups is 1. The van der Waals surface area contributed by atoms with E-state index in [1.165, 1.54) is 12.1 Å². The molecular formula is C13H15N3O4. The van der Waals surface area contributed by atoms with Gasteiger partial charge in [-0.1, -0.05) is 13.0 Å². The number of nitro groups is 1. The fourth-order valence-corrected chi connectivity index (χ4v) is 1.73. The SMILES string of the molecule is CC(CCCNc1cccc(C#N)c1[N+](=O)[O-])C(=O)O. The van der Waals surface area contributed by atoms with Crippen molar-refractivity contribution in [3.63, 3.8) is 0 Å². The Morgan fingerprint density at radius 3 is 2.85 bits per heavy atom. The highest BCUT2D eigenvalue weighted by atomic mass is 16.6. The third-order valence-corrected chi connectivity index (χ3v) is 2.89. The Morgan fingerprint density at radius 1 is 1.60 bits per heavy atom. The van der Waals surface area contributed by atoms with Crippen LogP contribution < -0.4 is 5.32 Å². The van der Waals surface area contributed by atoms with Gasteiger partial charge in [0.2, 0.25) is 0 Å². The number of hydrogen-bond acceptors (Lipinski definition) is 5. The van der Waals surface area contributed by atoms with Gasteiger partial charge in [-0.2, -0.15) is 5.26 Å². The molecule has 0 saturated heterocycles. The van der Waals surface area contributed by atoms with Gasteiger partial charge in [-0.25, -0.2) is 0 Å². The van der Waals surface area contributed by atoms with Gasteiger partial charge in [0.25, 0.3) is 0 Å². The van der Waals surface area contributed by atoms with E-state index in [1.54, 1.807) is 19.1 Å². The van der Waals surface area contributed by atoms with Crippen molar-refractivity contribution in [3.05, 3.63) is 33.9 Å². The zero-order chi connectivity index (χ0) is 15.1. The lowest BCUT2D eigenvalue weighted by molar-refractivity contribution is -0.384. The molecule has 7 nitrogen and oxygen atoms in total. The Balaban J connectivity index is 2.67. The summed E-state index contributed by atoms with van der Waals surface area (Å²) in [4.78, 5) is 21.0. The Labute approximate surface area is 116 Å². The molecule has 1 rings (SSSR count). The van der Waals surface area contributed by atoms with Gasteiger partial charge in [-0.05, 0) is 25.0 Å². The Kier molecular flexibility index (Phi) is 5.47. The van der Waals surface area contributed by atoms with Gasteiger partial charge < -0.3 is 10.4 Å². The first kappa shape index (κ1) is 15.4. The molecule has 0 heterocycles. The maximum Gasteiger partial charge on any atom is 0.309 e. The zero-order valence-corrected chi connectivity index (χ0v) is 11.0. The van der Waals surface area contributed by atoms with Crippen molar-refractivity contribution in [1.82, 2.24) is 0 Å². The molecule has 1 unspecified atom stereocenters. The van der Waals surface area contributed by atoms with E-state index in [4.69, 9.17) is 10.4 Å². The maximum absolute atomic E-state index is 11.0. The van der Waals surface area contributed by atoms with E-state index in [-0.39, 0.29) is 16.9 Å². The van der Waals surface area contributed by atoms with E-state index in [0.717, 1.165) is 0 Å². The summed E-state index contributed by atoms with van der Waals surface area (Å²) in [6.07, 6.45) is 1.05. The summed E-state index contributed by atoms with van der Waals surface area (Å²) in [6, 6.07) is 6.26. The van der Waals surface area contributed by atoms with Crippen LogP contribution in [0.4, 0.5) is 11.4 Å². The van der Waals surface area contributed by atoms with E-state index in [1.807, 2.05) is 0 Å². The number of hydrogen-bond donors (Lipinski definition) is 2. The average molecular weight is 277 g/mol. The minimum Gasteiger partial charge on any atom is -0.481 e. The Hall–Kier alpha value is -2.62. The number of rotatable bonds is 7. The number of carboxylic acid groups (broad SMARTS) is 1. The second-order valence-electron chi connectivity index (χ2n) is 4.38. The average Bonchev–Trinajstić information content (AvgIpc) is 2.42. The van der Waals surface area contributed by atoms with Gasteiger partial charge in [0.05, 0.1) is 10.8 Å². The number of benzene rings is 1. The van der Waals surface area contributed by atoms with Crippen molar-refractivity contribution >= 4 is 17.3 Å². The predicted octanol–water partition coefficient (Wildman–Crippen LogP) is 2.38. The lowest BCUT2D eigenvalue weighted by atomic mass is 10.1. The van der Waals surface area contributed by atoms with E-state index >= 15 is 0 Å². The van der Waals surface area contributed by atoms with E-state index in [2.05, 4.69) is 5.32 Å². The molecule has 0 radical (unpaired) electrons. The first-order chi connectivity index (χ1) is 9.47. The molecule has 2 N–H and O–H groups in total. The van der Waals surface area contributed by atoms with Crippen LogP contribution in [0.2, 0.25) is 0 Å². The van der Waals surface area contributed by atoms with Crippen molar-refractivity contribution in [1.29, 1.82) is 5.26 Å². The fourth-order valence-electron chi connectivity index (χ4n) is 1.73. The minimum atomic E-state index is -0.859. The lowest BCUT2D eigenvalue weighted by Crippen LogP contribution is -2.12. The van der Waals surface area contributed by atoms with Gasteiger partial charge in [0, 0.05) is 6.54 Å². The van der Waals surface area contributed by atoms with Gasteiger partial charge >= 0.3 is 11.7 Å². The van der Waals surface area contributed by atoms with Crippen LogP contribution in [0.5, 0.6) is 0 Å². The van der Waals surface area contributed by atoms with Crippen molar-refractivity contribution in [2.75, 3.05) is 11.9 Å². The van der Waals surface area contributed by atoms with Crippen LogP contribution in [0.3, 0.4) is 0 Å². The van der Waals surface area contributed by atoms with Crippen LogP contribution in [-0.4, -0.2) is 22.5 Å². The van der Waals surface area contributed by atoms with Crippen LogP contribution in [0, 0.1) is 27.4 Å². The largest absolute Gasteiger partial charge is 0.481 e. The van der Waals surface area contributed by atoms with Crippen molar-refractivity contribution < 1.29 is 14.8 Å². The molecule has 0 saturated carbocycles. The summed E-state index contributed by atoms with van der Waals surface area (Å²) < 4.78 is 0. The van der Waals surface area contributed by atoms with Gasteiger partial charge in [-0.3, -0.25) is 14.9 Å². The lowest BCUT2D eigenvalue weighted by Gasteiger charge is -2.09. The maximum atomic E-state index is 11.0. The second-order valence-corrected chi connectivity index (χ2v) is 4.38. The molecule has 0 aromatic heterocycles. The number of nitrogens with zero attached hydrogens (tertiary/aromatic N) is 2. The first-order valence-electron chi connectivity index (χ1n) is 6.11. The molecule has 20 heavy (non-hydrogen) atoms. The number of para-hydroxylation sites is 1. The van der Waals surface area contributed by atoms with Crippen molar-refractivity contribution in [3.8, 4) is 6.07 Å². The Morgan fingerprint density at radius 2 is 2.30 bits per heavy atom. The highest BCUT2D eigenvalue weighted by Crippen LogP contribution is 2.28. The number of anilines is 1. The van der Waals surface area contributed by atoms with Crippen molar-refractivity contribution in [2.24, 2.45) is 5.92 Å². The summed E-state index contributed by atoms with van der Waals surface area (Å²) in [7, 11) is 0. The molecule has 0 fully saturated rings. The van der Waals surface area contributed by atoms with E-state index in [9.17, 15) is 14.9 Å². The molecule has 0 bridgehead atoms. The number of nitro benzene ring substituents is 1. The quantitative estimate of drug-likeness (QED) is 0.449. The summed E-state index contributed by atoms with van der Waals surface area (Å²) in [5, 5.41) is 31.4. The molecular weight excluding hydrogens is 262 g/mol.